The molecule has 0 bridgehead atoms. The van der Waals surface area contributed by atoms with E-state index in [4.69, 9.17) is 14.7 Å². The van der Waals surface area contributed by atoms with Gasteiger partial charge in [-0.15, -0.1) is 11.3 Å². The number of carbonyl (C=O) groups is 1. The molecule has 26 heavy (non-hydrogen) atoms. The van der Waals surface area contributed by atoms with Crippen molar-refractivity contribution in [1.29, 1.82) is 0 Å². The van der Waals surface area contributed by atoms with Crippen LogP contribution in [-0.2, 0) is 9.57 Å². The third-order valence-electron chi connectivity index (χ3n) is 3.92. The molecule has 2 aromatic heterocycles. The van der Waals surface area contributed by atoms with Crippen molar-refractivity contribution in [1.82, 2.24) is 9.55 Å². The third-order valence-corrected chi connectivity index (χ3v) is 4.91. The van der Waals surface area contributed by atoms with Gasteiger partial charge in [-0.2, -0.15) is 10.5 Å². The zero-order valence-corrected chi connectivity index (χ0v) is 14.4. The first kappa shape index (κ1) is 18.5. The van der Waals surface area contributed by atoms with Gasteiger partial charge in [-0.3, -0.25) is 4.57 Å². The molecule has 11 heteroatoms. The van der Waals surface area contributed by atoms with E-state index in [-0.39, 0.29) is 5.82 Å². The molecule has 0 aliphatic carbocycles. The van der Waals surface area contributed by atoms with Gasteiger partial charge < -0.3 is 24.9 Å². The minimum atomic E-state index is -1.40. The number of aliphatic hydroxyl groups excluding tert-OH is 3. The van der Waals surface area contributed by atoms with Gasteiger partial charge in [0.05, 0.1) is 6.61 Å². The lowest BCUT2D eigenvalue weighted by Gasteiger charge is -2.17. The largest absolute Gasteiger partial charge is 0.394 e. The highest BCUT2D eigenvalue weighted by atomic mass is 32.1. The van der Waals surface area contributed by atoms with E-state index >= 15 is 0 Å². The quantitative estimate of drug-likeness (QED) is 0.498. The Hall–Kier alpha value is -2.31. The molecule has 4 atom stereocenters. The zero-order chi connectivity index (χ0) is 18.8. The Kier molecular flexibility index (Phi) is 5.34. The van der Waals surface area contributed by atoms with Gasteiger partial charge in [0, 0.05) is 12.3 Å². The van der Waals surface area contributed by atoms with Crippen molar-refractivity contribution < 1.29 is 29.7 Å². The van der Waals surface area contributed by atoms with Crippen molar-refractivity contribution in [2.75, 3.05) is 12.1 Å². The number of hydrogen-bond acceptors (Lipinski definition) is 10. The Balaban J connectivity index is 1.69. The summed E-state index contributed by atoms with van der Waals surface area (Å²) in [4.78, 5) is 33.1. The number of aryl methyl sites for hydroxylation is 1. The average Bonchev–Trinajstić information content (AvgIpc) is 3.17. The van der Waals surface area contributed by atoms with Crippen molar-refractivity contribution in [3.05, 3.63) is 44.6 Å². The first-order valence-corrected chi connectivity index (χ1v) is 8.53. The lowest BCUT2D eigenvalue weighted by Crippen LogP contribution is -2.36. The Morgan fingerprint density at radius 2 is 2.19 bits per heavy atom. The molecule has 140 valence electrons. The summed E-state index contributed by atoms with van der Waals surface area (Å²) in [7, 11) is 0. The standard InChI is InChI=1S/C15H17N3O7S/c1-7-3-5-26-12(7)14(22)25-17-9-2-4-18(15(23)16-9)13-11(21)10(20)8(6-19)24-13/h2-5,8,10-11,13,19-21H,6H2,1H3,(H,16,17,23)/t8-,10-,11-,13-/m1/s1. The maximum atomic E-state index is 12.1. The lowest BCUT2D eigenvalue weighted by atomic mass is 10.1. The molecule has 3 heterocycles. The number of carbonyl (C=O) groups excluding carboxylic acids is 1. The number of anilines is 1. The van der Waals surface area contributed by atoms with Crippen LogP contribution in [0.4, 0.5) is 5.82 Å². The number of thiophene rings is 1. The van der Waals surface area contributed by atoms with Crippen molar-refractivity contribution in [2.45, 2.75) is 31.5 Å². The van der Waals surface area contributed by atoms with E-state index < -0.39 is 42.8 Å². The summed E-state index contributed by atoms with van der Waals surface area (Å²) in [5, 5.41) is 30.6. The molecular weight excluding hydrogens is 366 g/mol. The molecule has 1 saturated heterocycles. The van der Waals surface area contributed by atoms with Gasteiger partial charge in [-0.1, -0.05) is 0 Å². The van der Waals surface area contributed by atoms with Crippen LogP contribution in [-0.4, -0.2) is 55.8 Å². The fourth-order valence-electron chi connectivity index (χ4n) is 2.50. The molecule has 0 spiro atoms. The molecule has 0 radical (unpaired) electrons. The first-order valence-electron chi connectivity index (χ1n) is 7.65. The second-order valence-electron chi connectivity index (χ2n) is 5.66. The predicted octanol–water partition coefficient (Wildman–Crippen LogP) is -0.591. The van der Waals surface area contributed by atoms with E-state index in [0.29, 0.717) is 4.88 Å². The Morgan fingerprint density at radius 3 is 2.77 bits per heavy atom. The summed E-state index contributed by atoms with van der Waals surface area (Å²) >= 11 is 1.23. The summed E-state index contributed by atoms with van der Waals surface area (Å²) in [6.07, 6.45) is -3.65. The van der Waals surface area contributed by atoms with Crippen LogP contribution in [0, 0.1) is 6.92 Å². The number of rotatable bonds is 5. The average molecular weight is 383 g/mol. The topological polar surface area (TPSA) is 143 Å². The van der Waals surface area contributed by atoms with Crippen LogP contribution in [0.1, 0.15) is 21.5 Å². The summed E-state index contributed by atoms with van der Waals surface area (Å²) < 4.78 is 6.24. The van der Waals surface area contributed by atoms with E-state index in [1.165, 1.54) is 23.6 Å². The smallest absolute Gasteiger partial charge is 0.373 e. The Bertz CT molecular complexity index is 852. The van der Waals surface area contributed by atoms with Crippen LogP contribution in [0.3, 0.4) is 0 Å². The van der Waals surface area contributed by atoms with Crippen molar-refractivity contribution in [3.8, 4) is 0 Å². The number of nitrogens with one attached hydrogen (secondary N) is 1. The molecule has 0 saturated carbocycles. The fourth-order valence-corrected chi connectivity index (χ4v) is 3.30. The monoisotopic (exact) mass is 383 g/mol. The second-order valence-corrected chi connectivity index (χ2v) is 6.57. The normalized spacial score (nSPS) is 25.2. The van der Waals surface area contributed by atoms with E-state index in [1.807, 2.05) is 0 Å². The molecule has 4 N–H and O–H groups in total. The fraction of sp³-hybridized carbons (Fsp3) is 0.400. The van der Waals surface area contributed by atoms with E-state index in [0.717, 1.165) is 10.1 Å². The molecule has 1 aliphatic rings. The van der Waals surface area contributed by atoms with Crippen LogP contribution >= 0.6 is 11.3 Å². The SMILES string of the molecule is Cc1ccsc1C(=O)ONc1ccn([C@@H]2O[C@H](CO)[C@@H](O)[C@H]2O)c(=O)n1. The van der Waals surface area contributed by atoms with E-state index in [9.17, 15) is 19.8 Å². The minimum Gasteiger partial charge on any atom is -0.394 e. The summed E-state index contributed by atoms with van der Waals surface area (Å²) in [6, 6.07) is 3.12. The Labute approximate surface area is 151 Å². The van der Waals surface area contributed by atoms with Gasteiger partial charge in [-0.05, 0) is 23.9 Å². The molecule has 1 aliphatic heterocycles. The van der Waals surface area contributed by atoms with Crippen LogP contribution < -0.4 is 11.2 Å². The predicted molar refractivity (Wildman–Crippen MR) is 89.6 cm³/mol. The lowest BCUT2D eigenvalue weighted by molar-refractivity contribution is -0.0549. The van der Waals surface area contributed by atoms with Gasteiger partial charge in [0.15, 0.2) is 12.0 Å². The summed E-state index contributed by atoms with van der Waals surface area (Å²) in [5.41, 5.74) is 2.27. The molecule has 2 aromatic rings. The molecule has 1 fully saturated rings. The van der Waals surface area contributed by atoms with Gasteiger partial charge in [0.2, 0.25) is 0 Å². The molecule has 3 rings (SSSR count). The molecular formula is C15H17N3O7S. The van der Waals surface area contributed by atoms with Crippen LogP contribution in [0.2, 0.25) is 0 Å². The zero-order valence-electron chi connectivity index (χ0n) is 13.6. The number of aromatic nitrogens is 2. The van der Waals surface area contributed by atoms with Crippen molar-refractivity contribution in [3.63, 3.8) is 0 Å². The number of hydrogen-bond donors (Lipinski definition) is 4. The molecule has 0 unspecified atom stereocenters. The van der Waals surface area contributed by atoms with E-state index in [1.54, 1.807) is 18.4 Å². The first-order chi connectivity index (χ1) is 12.4. The third kappa shape index (κ3) is 3.48. The highest BCUT2D eigenvalue weighted by Gasteiger charge is 2.43. The van der Waals surface area contributed by atoms with Crippen molar-refractivity contribution >= 4 is 23.1 Å². The maximum Gasteiger partial charge on any atom is 0.373 e. The molecule has 0 aromatic carbocycles. The number of aliphatic hydroxyl groups is 3. The highest BCUT2D eigenvalue weighted by molar-refractivity contribution is 7.12. The van der Waals surface area contributed by atoms with E-state index in [2.05, 4.69) is 10.5 Å². The summed E-state index contributed by atoms with van der Waals surface area (Å²) in [5.74, 6) is -0.618. The minimum absolute atomic E-state index is 0.0134. The van der Waals surface area contributed by atoms with Gasteiger partial charge in [0.25, 0.3) is 0 Å². The summed E-state index contributed by atoms with van der Waals surface area (Å²) in [6.45, 7) is 1.27. The van der Waals surface area contributed by atoms with Crippen LogP contribution in [0.25, 0.3) is 0 Å². The molecule has 0 amide bonds. The van der Waals surface area contributed by atoms with Crippen LogP contribution in [0.15, 0.2) is 28.5 Å². The maximum absolute atomic E-state index is 12.1. The van der Waals surface area contributed by atoms with Crippen LogP contribution in [0.5, 0.6) is 0 Å². The number of ether oxygens (including phenoxy) is 1. The molecule has 10 nitrogen and oxygen atoms in total. The van der Waals surface area contributed by atoms with Gasteiger partial charge >= 0.3 is 11.7 Å². The number of nitrogens with zero attached hydrogens (tertiary/aromatic N) is 2. The highest BCUT2D eigenvalue weighted by Crippen LogP contribution is 2.28. The van der Waals surface area contributed by atoms with Gasteiger partial charge in [0.1, 0.15) is 23.2 Å². The second kappa shape index (κ2) is 7.51. The van der Waals surface area contributed by atoms with Crippen molar-refractivity contribution in [2.24, 2.45) is 0 Å². The Morgan fingerprint density at radius 1 is 1.42 bits per heavy atom. The van der Waals surface area contributed by atoms with Gasteiger partial charge in [-0.25, -0.2) is 9.59 Å².